The summed E-state index contributed by atoms with van der Waals surface area (Å²) in [6.07, 6.45) is -0.0314. The van der Waals surface area contributed by atoms with Gasteiger partial charge in [0.15, 0.2) is 23.2 Å². The van der Waals surface area contributed by atoms with Crippen LogP contribution in [0.1, 0.15) is 43.2 Å². The van der Waals surface area contributed by atoms with Gasteiger partial charge in [-0.05, 0) is 24.8 Å². The van der Waals surface area contributed by atoms with Gasteiger partial charge in [0.25, 0.3) is 5.91 Å². The summed E-state index contributed by atoms with van der Waals surface area (Å²) in [4.78, 5) is 56.0. The summed E-state index contributed by atoms with van der Waals surface area (Å²) in [5, 5.41) is 2.52. The van der Waals surface area contributed by atoms with E-state index in [9.17, 15) is 19.2 Å². The van der Waals surface area contributed by atoms with Crippen molar-refractivity contribution < 1.29 is 52.3 Å². The van der Waals surface area contributed by atoms with Crippen molar-refractivity contribution >= 4 is 23.8 Å². The Hall–Kier alpha value is -4.23. The molecule has 2 heterocycles. The molecular weight excluding hydrogens is 576 g/mol. The van der Waals surface area contributed by atoms with E-state index in [-0.39, 0.29) is 36.1 Å². The summed E-state index contributed by atoms with van der Waals surface area (Å²) in [5.74, 6) is -3.45. The lowest BCUT2D eigenvalue weighted by Crippen LogP contribution is -2.46. The van der Waals surface area contributed by atoms with Gasteiger partial charge in [-0.1, -0.05) is 44.2 Å². The number of esters is 3. The lowest BCUT2D eigenvalue weighted by atomic mass is 9.91. The minimum atomic E-state index is -1.37. The van der Waals surface area contributed by atoms with Gasteiger partial charge < -0.3 is 38.5 Å². The summed E-state index contributed by atoms with van der Waals surface area (Å²) >= 11 is 0. The van der Waals surface area contributed by atoms with E-state index in [1.807, 2.05) is 44.2 Å². The summed E-state index contributed by atoms with van der Waals surface area (Å²) in [6.45, 7) is 5.05. The number of nitrogens with one attached hydrogen (secondary N) is 1. The van der Waals surface area contributed by atoms with E-state index in [1.54, 1.807) is 6.92 Å². The Morgan fingerprint density at radius 2 is 1.84 bits per heavy atom. The first-order valence-corrected chi connectivity index (χ1v) is 14.3. The Balaban J connectivity index is 1.80. The molecule has 1 aromatic carbocycles. The Labute approximate surface area is 256 Å². The molecule has 13 heteroatoms. The highest BCUT2D eigenvalue weighted by atomic mass is 16.7. The number of carbonyl (C=O) groups is 4. The Morgan fingerprint density at radius 1 is 1.09 bits per heavy atom. The number of benzene rings is 1. The van der Waals surface area contributed by atoms with E-state index in [0.29, 0.717) is 13.0 Å². The minimum absolute atomic E-state index is 0.00782. The molecule has 1 fully saturated rings. The van der Waals surface area contributed by atoms with Crippen molar-refractivity contribution in [3.8, 4) is 11.5 Å². The second kappa shape index (κ2) is 17.2. The van der Waals surface area contributed by atoms with Gasteiger partial charge in [-0.3, -0.25) is 14.4 Å². The molecule has 1 aliphatic heterocycles. The second-order valence-corrected chi connectivity index (χ2v) is 10.5. The van der Waals surface area contributed by atoms with Crippen molar-refractivity contribution in [2.24, 2.45) is 11.8 Å². The molecule has 4 atom stereocenters. The molecule has 3 rings (SSSR count). The molecule has 2 aromatic rings. The Bertz CT molecular complexity index is 1250. The van der Waals surface area contributed by atoms with E-state index in [0.717, 1.165) is 5.56 Å². The summed E-state index contributed by atoms with van der Waals surface area (Å²) in [6, 6.07) is 9.46. The zero-order valence-electron chi connectivity index (χ0n) is 25.6. The van der Waals surface area contributed by atoms with Crippen molar-refractivity contribution in [2.45, 2.75) is 51.9 Å². The summed E-state index contributed by atoms with van der Waals surface area (Å²) < 4.78 is 38.1. The monoisotopic (exact) mass is 616 g/mol. The predicted molar refractivity (Wildman–Crippen MR) is 155 cm³/mol. The van der Waals surface area contributed by atoms with E-state index in [1.165, 1.54) is 26.5 Å². The molecule has 1 aliphatic rings. The average Bonchev–Trinajstić information content (AvgIpc) is 3.04. The first kappa shape index (κ1) is 34.3. The van der Waals surface area contributed by atoms with E-state index in [2.05, 4.69) is 10.3 Å². The number of nitrogens with zero attached hydrogens (tertiary/aromatic N) is 1. The molecule has 0 aliphatic carbocycles. The fourth-order valence-corrected chi connectivity index (χ4v) is 4.39. The van der Waals surface area contributed by atoms with Gasteiger partial charge in [-0.2, -0.15) is 0 Å². The Morgan fingerprint density at radius 3 is 2.52 bits per heavy atom. The maximum atomic E-state index is 13.4. The lowest BCUT2D eigenvalue weighted by Gasteiger charge is -2.30. The van der Waals surface area contributed by atoms with Crippen LogP contribution < -0.4 is 14.8 Å². The number of rotatable bonds is 14. The molecule has 0 saturated carbocycles. The molecule has 0 radical (unpaired) electrons. The van der Waals surface area contributed by atoms with Gasteiger partial charge in [0.2, 0.25) is 6.79 Å². The number of amides is 1. The fourth-order valence-electron chi connectivity index (χ4n) is 4.39. The lowest BCUT2D eigenvalue weighted by molar-refractivity contribution is -0.165. The maximum absolute atomic E-state index is 13.4. The molecule has 240 valence electrons. The number of carbonyl (C=O) groups excluding carboxylic acids is 4. The number of hydrogen-bond acceptors (Lipinski definition) is 12. The third-order valence-electron chi connectivity index (χ3n) is 6.60. The van der Waals surface area contributed by atoms with E-state index >= 15 is 0 Å². The van der Waals surface area contributed by atoms with Crippen molar-refractivity contribution in [3.63, 3.8) is 0 Å². The van der Waals surface area contributed by atoms with Gasteiger partial charge >= 0.3 is 17.9 Å². The highest BCUT2D eigenvalue weighted by molar-refractivity contribution is 5.98. The van der Waals surface area contributed by atoms with E-state index in [4.69, 9.17) is 33.2 Å². The van der Waals surface area contributed by atoms with Gasteiger partial charge in [-0.15, -0.1) is 0 Å². The highest BCUT2D eigenvalue weighted by Gasteiger charge is 2.40. The molecule has 1 N–H and O–H groups in total. The standard InChI is InChI=1S/C31H40N2O11/c1-19(2)16-40-27-20(3)44-31(37)23(17-41-30(36)22(27)15-21-9-7-6-8-10-21)33-29(35)26-28(24(39-5)11-13-32-26)43-18-42-25(34)12-14-38-4/h6-11,13,19-20,22-23,27H,12,14-18H2,1-5H3,(H,33,35)/t20-,22?,23-,27-/m0/s1. The van der Waals surface area contributed by atoms with Crippen molar-refractivity contribution in [1.82, 2.24) is 10.3 Å². The normalized spacial score (nSPS) is 20.4. The largest absolute Gasteiger partial charge is 0.493 e. The molecule has 44 heavy (non-hydrogen) atoms. The quantitative estimate of drug-likeness (QED) is 0.188. The number of cyclic esters (lactones) is 2. The second-order valence-electron chi connectivity index (χ2n) is 10.5. The van der Waals surface area contributed by atoms with Gasteiger partial charge in [0.1, 0.15) is 18.8 Å². The zero-order chi connectivity index (χ0) is 32.1. The van der Waals surface area contributed by atoms with Crippen LogP contribution in [0.4, 0.5) is 0 Å². The third-order valence-corrected chi connectivity index (χ3v) is 6.60. The molecule has 1 unspecified atom stereocenters. The van der Waals surface area contributed by atoms with Crippen LogP contribution in [0.25, 0.3) is 0 Å². The molecule has 1 aromatic heterocycles. The van der Waals surface area contributed by atoms with Gasteiger partial charge in [0, 0.05) is 26.0 Å². The summed E-state index contributed by atoms with van der Waals surface area (Å²) in [5.41, 5.74) is 0.626. The first-order valence-electron chi connectivity index (χ1n) is 14.3. The Kier molecular flexibility index (Phi) is 13.4. The van der Waals surface area contributed by atoms with Gasteiger partial charge in [-0.25, -0.2) is 9.78 Å². The van der Waals surface area contributed by atoms with Crippen LogP contribution in [0, 0.1) is 11.8 Å². The SMILES string of the molecule is COCCC(=O)OCOc1c(OC)ccnc1C(=O)N[C@H]1COC(=O)C(Cc2ccccc2)[C@@H](OCC(C)C)[C@H](C)OC1=O. The number of aromatic nitrogens is 1. The smallest absolute Gasteiger partial charge is 0.332 e. The minimum Gasteiger partial charge on any atom is -0.493 e. The highest BCUT2D eigenvalue weighted by Crippen LogP contribution is 2.30. The van der Waals surface area contributed by atoms with Gasteiger partial charge in [0.05, 0.1) is 26.1 Å². The van der Waals surface area contributed by atoms with Crippen molar-refractivity contribution in [1.29, 1.82) is 0 Å². The van der Waals surface area contributed by atoms with Crippen molar-refractivity contribution in [2.75, 3.05) is 40.8 Å². The van der Waals surface area contributed by atoms with Crippen LogP contribution >= 0.6 is 0 Å². The van der Waals surface area contributed by atoms with Crippen LogP contribution in [-0.2, 0) is 44.5 Å². The van der Waals surface area contributed by atoms with Crippen LogP contribution in [0.5, 0.6) is 11.5 Å². The molecule has 1 amide bonds. The zero-order valence-corrected chi connectivity index (χ0v) is 25.6. The number of ether oxygens (including phenoxy) is 7. The molecule has 1 saturated heterocycles. The topological polar surface area (TPSA) is 158 Å². The van der Waals surface area contributed by atoms with Crippen LogP contribution in [-0.4, -0.2) is 87.9 Å². The molecule has 0 bridgehead atoms. The number of pyridine rings is 1. The molecule has 0 spiro atoms. The number of methoxy groups -OCH3 is 2. The molecule has 13 nitrogen and oxygen atoms in total. The average molecular weight is 617 g/mol. The van der Waals surface area contributed by atoms with Crippen LogP contribution in [0.3, 0.4) is 0 Å². The van der Waals surface area contributed by atoms with Crippen LogP contribution in [0.15, 0.2) is 42.6 Å². The predicted octanol–water partition coefficient (Wildman–Crippen LogP) is 2.49. The molecular formula is C31H40N2O11. The van der Waals surface area contributed by atoms with Crippen LogP contribution in [0.2, 0.25) is 0 Å². The van der Waals surface area contributed by atoms with E-state index < -0.39 is 61.4 Å². The summed E-state index contributed by atoms with van der Waals surface area (Å²) in [7, 11) is 2.81. The third kappa shape index (κ3) is 9.91. The maximum Gasteiger partial charge on any atom is 0.332 e. The fraction of sp³-hybridized carbons (Fsp3) is 0.516. The van der Waals surface area contributed by atoms with Crippen molar-refractivity contribution in [3.05, 3.63) is 53.9 Å². The first-order chi connectivity index (χ1) is 21.1. The number of hydrogen-bond donors (Lipinski definition) is 1.